The number of hydrogen-bond acceptors (Lipinski definition) is 3. The van der Waals surface area contributed by atoms with Gasteiger partial charge >= 0.3 is 6.01 Å². The lowest BCUT2D eigenvalue weighted by Gasteiger charge is -2.41. The van der Waals surface area contributed by atoms with Crippen LogP contribution in [0.1, 0.15) is 16.7 Å². The van der Waals surface area contributed by atoms with Crippen LogP contribution in [0.5, 0.6) is 6.01 Å². The first-order valence-corrected chi connectivity index (χ1v) is 14.2. The van der Waals surface area contributed by atoms with Crippen LogP contribution in [-0.4, -0.2) is 9.55 Å². The standard InChI is InChI=1S/C38H27N3O/c1-5-15-28(16-6-1)38(29-17-7-2-8-18-29)33-27-32(40(30-19-9-3-10-20-30)31-21-11-4-12-22-31)25-26-35(33)41-36-24-14-13-23-34(36)39-37(41)42-38/h1-27H. The molecule has 1 aromatic heterocycles. The summed E-state index contributed by atoms with van der Waals surface area (Å²) in [6.45, 7) is 0. The van der Waals surface area contributed by atoms with Crippen molar-refractivity contribution in [3.63, 3.8) is 0 Å². The van der Waals surface area contributed by atoms with Gasteiger partial charge in [0.2, 0.25) is 0 Å². The van der Waals surface area contributed by atoms with Crippen LogP contribution in [0.2, 0.25) is 0 Å². The Morgan fingerprint density at radius 2 is 1.05 bits per heavy atom. The topological polar surface area (TPSA) is 30.3 Å². The number of para-hydroxylation sites is 4. The van der Waals surface area contributed by atoms with Crippen LogP contribution in [0.25, 0.3) is 16.7 Å². The summed E-state index contributed by atoms with van der Waals surface area (Å²) in [4.78, 5) is 7.28. The summed E-state index contributed by atoms with van der Waals surface area (Å²) in [5.41, 5.74) is 8.36. The third-order valence-corrected chi connectivity index (χ3v) is 8.02. The normalized spacial score (nSPS) is 13.1. The monoisotopic (exact) mass is 541 g/mol. The van der Waals surface area contributed by atoms with Crippen molar-refractivity contribution in [1.29, 1.82) is 0 Å². The molecule has 0 radical (unpaired) electrons. The van der Waals surface area contributed by atoms with Crippen molar-refractivity contribution >= 4 is 28.1 Å². The molecule has 0 amide bonds. The molecule has 2 heterocycles. The Bertz CT molecular complexity index is 1920. The number of hydrogen-bond donors (Lipinski definition) is 0. The maximum Gasteiger partial charge on any atom is 0.303 e. The van der Waals surface area contributed by atoms with Gasteiger partial charge in [-0.15, -0.1) is 0 Å². The summed E-state index contributed by atoms with van der Waals surface area (Å²) >= 11 is 0. The van der Waals surface area contributed by atoms with Crippen molar-refractivity contribution < 1.29 is 4.74 Å². The van der Waals surface area contributed by atoms with Crippen LogP contribution in [0.15, 0.2) is 164 Å². The predicted molar refractivity (Wildman–Crippen MR) is 169 cm³/mol. The smallest absolute Gasteiger partial charge is 0.303 e. The maximum atomic E-state index is 7.18. The zero-order valence-corrected chi connectivity index (χ0v) is 22.8. The Morgan fingerprint density at radius 1 is 0.524 bits per heavy atom. The lowest BCUT2D eigenvalue weighted by molar-refractivity contribution is 0.128. The SMILES string of the molecule is c1ccc(N(c2ccccc2)c2ccc3c(c2)C(c2ccccc2)(c2ccccc2)Oc2nc4ccccc4n2-3)cc1. The van der Waals surface area contributed by atoms with E-state index in [4.69, 9.17) is 9.72 Å². The molecule has 0 saturated heterocycles. The first-order valence-electron chi connectivity index (χ1n) is 14.2. The lowest BCUT2D eigenvalue weighted by Crippen LogP contribution is -2.40. The molecule has 200 valence electrons. The molecular weight excluding hydrogens is 514 g/mol. The van der Waals surface area contributed by atoms with Gasteiger partial charge in [0.05, 0.1) is 16.7 Å². The molecule has 0 bridgehead atoms. The van der Waals surface area contributed by atoms with Gasteiger partial charge in [0.25, 0.3) is 0 Å². The van der Waals surface area contributed by atoms with Gasteiger partial charge in [-0.3, -0.25) is 4.57 Å². The summed E-state index contributed by atoms with van der Waals surface area (Å²) in [6, 6.07) is 57.4. The van der Waals surface area contributed by atoms with Crippen LogP contribution in [-0.2, 0) is 5.60 Å². The molecule has 1 aliphatic heterocycles. The average Bonchev–Trinajstić information content (AvgIpc) is 3.44. The third kappa shape index (κ3) is 3.73. The number of aromatic nitrogens is 2. The molecule has 0 N–H and O–H groups in total. The molecule has 4 nitrogen and oxygen atoms in total. The van der Waals surface area contributed by atoms with E-state index in [0.29, 0.717) is 6.01 Å². The van der Waals surface area contributed by atoms with Crippen molar-refractivity contribution in [1.82, 2.24) is 9.55 Å². The molecule has 7 aromatic rings. The molecule has 0 unspecified atom stereocenters. The van der Waals surface area contributed by atoms with Gasteiger partial charge in [0.15, 0.2) is 5.60 Å². The van der Waals surface area contributed by atoms with Crippen molar-refractivity contribution in [2.45, 2.75) is 5.60 Å². The fourth-order valence-electron chi connectivity index (χ4n) is 6.18. The fraction of sp³-hybridized carbons (Fsp3) is 0.0263. The number of anilines is 3. The number of rotatable bonds is 5. The Hall–Kier alpha value is -5.61. The Labute approximate surface area is 244 Å². The number of imidazole rings is 1. The highest BCUT2D eigenvalue weighted by molar-refractivity contribution is 5.83. The molecule has 0 fully saturated rings. The Morgan fingerprint density at radius 3 is 1.64 bits per heavy atom. The Kier molecular flexibility index (Phi) is 5.64. The Balaban J connectivity index is 1.47. The van der Waals surface area contributed by atoms with Crippen LogP contribution < -0.4 is 9.64 Å². The van der Waals surface area contributed by atoms with E-state index in [1.165, 1.54) is 0 Å². The van der Waals surface area contributed by atoms with E-state index in [2.05, 4.69) is 143 Å². The van der Waals surface area contributed by atoms with E-state index >= 15 is 0 Å². The predicted octanol–water partition coefficient (Wildman–Crippen LogP) is 9.18. The second-order valence-electron chi connectivity index (χ2n) is 10.4. The van der Waals surface area contributed by atoms with Crippen LogP contribution in [0.3, 0.4) is 0 Å². The van der Waals surface area contributed by atoms with Gasteiger partial charge in [-0.25, -0.2) is 0 Å². The van der Waals surface area contributed by atoms with E-state index in [9.17, 15) is 0 Å². The minimum absolute atomic E-state index is 0.576. The van der Waals surface area contributed by atoms with Gasteiger partial charge in [0.1, 0.15) is 0 Å². The van der Waals surface area contributed by atoms with E-state index in [1.807, 2.05) is 30.3 Å². The number of ether oxygens (including phenoxy) is 1. The highest BCUT2D eigenvalue weighted by Crippen LogP contribution is 2.50. The zero-order valence-electron chi connectivity index (χ0n) is 22.8. The molecule has 0 atom stereocenters. The van der Waals surface area contributed by atoms with Crippen molar-refractivity contribution in [2.75, 3.05) is 4.90 Å². The molecule has 42 heavy (non-hydrogen) atoms. The molecular formula is C38H27N3O. The average molecular weight is 542 g/mol. The van der Waals surface area contributed by atoms with Gasteiger partial charge in [-0.1, -0.05) is 109 Å². The molecule has 0 saturated carbocycles. The second-order valence-corrected chi connectivity index (χ2v) is 10.4. The molecule has 6 aromatic carbocycles. The first kappa shape index (κ1) is 24.2. The summed E-state index contributed by atoms with van der Waals surface area (Å²) in [7, 11) is 0. The van der Waals surface area contributed by atoms with E-state index < -0.39 is 5.60 Å². The number of fused-ring (bicyclic) bond motifs is 5. The van der Waals surface area contributed by atoms with Crippen LogP contribution >= 0.6 is 0 Å². The quantitative estimate of drug-likeness (QED) is 0.218. The zero-order chi connectivity index (χ0) is 27.9. The van der Waals surface area contributed by atoms with Gasteiger partial charge < -0.3 is 9.64 Å². The second kappa shape index (κ2) is 9.79. The fourth-order valence-corrected chi connectivity index (χ4v) is 6.18. The lowest BCUT2D eigenvalue weighted by atomic mass is 9.78. The molecule has 0 spiro atoms. The molecule has 1 aliphatic rings. The third-order valence-electron chi connectivity index (χ3n) is 8.02. The largest absolute Gasteiger partial charge is 0.443 e. The minimum atomic E-state index is -0.926. The molecule has 8 rings (SSSR count). The molecule has 4 heteroatoms. The van der Waals surface area contributed by atoms with E-state index in [-0.39, 0.29) is 0 Å². The summed E-state index contributed by atoms with van der Waals surface area (Å²) < 4.78 is 9.33. The maximum absolute atomic E-state index is 7.18. The number of benzene rings is 6. The van der Waals surface area contributed by atoms with E-state index in [1.54, 1.807) is 0 Å². The number of nitrogens with zero attached hydrogens (tertiary/aromatic N) is 3. The first-order chi connectivity index (χ1) is 20.8. The van der Waals surface area contributed by atoms with Crippen LogP contribution in [0.4, 0.5) is 17.1 Å². The summed E-state index contributed by atoms with van der Waals surface area (Å²) in [5, 5.41) is 0. The summed E-state index contributed by atoms with van der Waals surface area (Å²) in [5.74, 6) is 0. The van der Waals surface area contributed by atoms with Gasteiger partial charge in [-0.05, 0) is 54.6 Å². The van der Waals surface area contributed by atoms with Gasteiger partial charge in [-0.2, -0.15) is 4.98 Å². The van der Waals surface area contributed by atoms with E-state index in [0.717, 1.165) is 50.5 Å². The highest BCUT2D eigenvalue weighted by Gasteiger charge is 2.46. The molecule has 0 aliphatic carbocycles. The van der Waals surface area contributed by atoms with Crippen LogP contribution in [0, 0.1) is 0 Å². The highest BCUT2D eigenvalue weighted by atomic mass is 16.5. The summed E-state index contributed by atoms with van der Waals surface area (Å²) in [6.07, 6.45) is 0. The van der Waals surface area contributed by atoms with Gasteiger partial charge in [0, 0.05) is 33.8 Å². The van der Waals surface area contributed by atoms with Crippen molar-refractivity contribution in [2.24, 2.45) is 0 Å². The van der Waals surface area contributed by atoms with Crippen molar-refractivity contribution in [3.05, 3.63) is 180 Å². The van der Waals surface area contributed by atoms with Crippen molar-refractivity contribution in [3.8, 4) is 11.7 Å². The minimum Gasteiger partial charge on any atom is -0.443 e.